The minimum Gasteiger partial charge on any atom is -0.507 e. The van der Waals surface area contributed by atoms with Gasteiger partial charge in [0.2, 0.25) is 0 Å². The summed E-state index contributed by atoms with van der Waals surface area (Å²) in [6.45, 7) is 4.25. The van der Waals surface area contributed by atoms with Crippen LogP contribution >= 0.6 is 12.4 Å². The monoisotopic (exact) mass is 333 g/mol. The number of benzene rings is 2. The van der Waals surface area contributed by atoms with E-state index in [4.69, 9.17) is 0 Å². The van der Waals surface area contributed by atoms with Crippen LogP contribution in [-0.4, -0.2) is 23.1 Å². The van der Waals surface area contributed by atoms with Crippen molar-refractivity contribution >= 4 is 12.4 Å². The first-order chi connectivity index (χ1) is 10.7. The molecule has 23 heavy (non-hydrogen) atoms. The fraction of sp³-hybridized carbons (Fsp3) is 0.368. The van der Waals surface area contributed by atoms with Gasteiger partial charge in [-0.25, -0.2) is 4.39 Å². The van der Waals surface area contributed by atoms with Crippen LogP contribution in [0.3, 0.4) is 0 Å². The largest absolute Gasteiger partial charge is 0.507 e. The smallest absolute Gasteiger partial charge is 0.124 e. The van der Waals surface area contributed by atoms with Crippen molar-refractivity contribution in [3.05, 3.63) is 52.8 Å². The maximum atomic E-state index is 14.1. The predicted molar refractivity (Wildman–Crippen MR) is 92.8 cm³/mol. The Morgan fingerprint density at radius 1 is 1.26 bits per heavy atom. The van der Waals surface area contributed by atoms with E-state index in [1.807, 2.05) is 6.07 Å². The molecule has 0 amide bonds. The SMILES string of the molecule is CCCN1CCc2cc(F)cc3c2[C@H]1Cc1cccc(O)c1-3.Cl. The summed E-state index contributed by atoms with van der Waals surface area (Å²) >= 11 is 0. The van der Waals surface area contributed by atoms with Crippen molar-refractivity contribution in [3.63, 3.8) is 0 Å². The highest BCUT2D eigenvalue weighted by molar-refractivity contribution is 5.85. The fourth-order valence-electron chi connectivity index (χ4n) is 4.15. The topological polar surface area (TPSA) is 23.5 Å². The number of rotatable bonds is 2. The van der Waals surface area contributed by atoms with Crippen LogP contribution in [-0.2, 0) is 12.8 Å². The molecule has 0 spiro atoms. The van der Waals surface area contributed by atoms with E-state index in [1.54, 1.807) is 18.2 Å². The van der Waals surface area contributed by atoms with Crippen LogP contribution in [0.15, 0.2) is 30.3 Å². The third kappa shape index (κ3) is 2.52. The number of hydrogen-bond acceptors (Lipinski definition) is 2. The normalized spacial score (nSPS) is 18.8. The van der Waals surface area contributed by atoms with Crippen molar-refractivity contribution in [2.24, 2.45) is 0 Å². The van der Waals surface area contributed by atoms with Crippen molar-refractivity contribution in [1.29, 1.82) is 0 Å². The molecule has 1 heterocycles. The van der Waals surface area contributed by atoms with Crippen molar-refractivity contribution in [2.75, 3.05) is 13.1 Å². The molecule has 0 unspecified atom stereocenters. The van der Waals surface area contributed by atoms with Crippen molar-refractivity contribution in [2.45, 2.75) is 32.2 Å². The van der Waals surface area contributed by atoms with E-state index in [1.165, 1.54) is 5.56 Å². The van der Waals surface area contributed by atoms with Crippen molar-refractivity contribution in [1.82, 2.24) is 4.90 Å². The molecule has 0 radical (unpaired) electrons. The molecule has 0 bridgehead atoms. The summed E-state index contributed by atoms with van der Waals surface area (Å²) < 4.78 is 14.1. The van der Waals surface area contributed by atoms with Crippen LogP contribution < -0.4 is 0 Å². The Morgan fingerprint density at radius 3 is 2.87 bits per heavy atom. The van der Waals surface area contributed by atoms with Gasteiger partial charge in [0.1, 0.15) is 11.6 Å². The Kier molecular flexibility index (Phi) is 4.35. The second kappa shape index (κ2) is 6.14. The molecule has 0 fully saturated rings. The molecule has 4 heteroatoms. The van der Waals surface area contributed by atoms with E-state index >= 15 is 0 Å². The Bertz CT molecular complexity index is 746. The van der Waals surface area contributed by atoms with Gasteiger partial charge in [-0.2, -0.15) is 0 Å². The van der Waals surface area contributed by atoms with Crippen molar-refractivity contribution in [3.8, 4) is 16.9 Å². The summed E-state index contributed by atoms with van der Waals surface area (Å²) in [5.41, 5.74) is 5.18. The lowest BCUT2D eigenvalue weighted by Gasteiger charge is -2.41. The van der Waals surface area contributed by atoms with Crippen molar-refractivity contribution < 1.29 is 9.50 Å². The van der Waals surface area contributed by atoms with Gasteiger partial charge in [-0.05, 0) is 66.3 Å². The second-order valence-corrected chi connectivity index (χ2v) is 6.34. The van der Waals surface area contributed by atoms with Gasteiger partial charge in [0.25, 0.3) is 0 Å². The lowest BCUT2D eigenvalue weighted by Crippen LogP contribution is -2.39. The van der Waals surface area contributed by atoms with Gasteiger partial charge < -0.3 is 5.11 Å². The van der Waals surface area contributed by atoms with E-state index in [-0.39, 0.29) is 24.0 Å². The summed E-state index contributed by atoms with van der Waals surface area (Å²) in [4.78, 5) is 2.51. The highest BCUT2D eigenvalue weighted by atomic mass is 35.5. The van der Waals surface area contributed by atoms with E-state index in [9.17, 15) is 9.50 Å². The zero-order valence-corrected chi connectivity index (χ0v) is 14.0. The lowest BCUT2D eigenvalue weighted by atomic mass is 9.76. The molecule has 0 saturated heterocycles. The Labute approximate surface area is 142 Å². The van der Waals surface area contributed by atoms with Crippen LogP contribution in [0, 0.1) is 5.82 Å². The van der Waals surface area contributed by atoms with Gasteiger partial charge in [0, 0.05) is 18.2 Å². The van der Waals surface area contributed by atoms with Crippen LogP contribution in [0.4, 0.5) is 4.39 Å². The third-order valence-electron chi connectivity index (χ3n) is 4.99. The summed E-state index contributed by atoms with van der Waals surface area (Å²) in [5, 5.41) is 10.3. The van der Waals surface area contributed by atoms with Gasteiger partial charge in [-0.3, -0.25) is 4.90 Å². The fourth-order valence-corrected chi connectivity index (χ4v) is 4.15. The molecule has 0 aromatic heterocycles. The van der Waals surface area contributed by atoms with Crippen LogP contribution in [0.1, 0.15) is 36.1 Å². The molecule has 2 aromatic rings. The van der Waals surface area contributed by atoms with Gasteiger partial charge >= 0.3 is 0 Å². The number of fused-ring (bicyclic) bond motifs is 2. The number of phenolic OH excluding ortho intramolecular Hbond substituents is 1. The Morgan fingerprint density at radius 2 is 2.09 bits per heavy atom. The summed E-state index contributed by atoms with van der Waals surface area (Å²) in [7, 11) is 0. The molecular weight excluding hydrogens is 313 g/mol. The summed E-state index contributed by atoms with van der Waals surface area (Å²) in [6, 6.07) is 9.23. The molecule has 1 aliphatic heterocycles. The number of phenols is 1. The minimum atomic E-state index is -0.201. The number of hydrogen-bond donors (Lipinski definition) is 1. The number of aromatic hydroxyl groups is 1. The maximum absolute atomic E-state index is 14.1. The average molecular weight is 334 g/mol. The highest BCUT2D eigenvalue weighted by Crippen LogP contribution is 2.48. The zero-order chi connectivity index (χ0) is 15.3. The van der Waals surface area contributed by atoms with Gasteiger partial charge in [-0.1, -0.05) is 19.1 Å². The summed E-state index contributed by atoms with van der Waals surface area (Å²) in [5.74, 6) is 0.0592. The lowest BCUT2D eigenvalue weighted by molar-refractivity contribution is 0.182. The molecule has 1 N–H and O–H groups in total. The molecule has 2 aliphatic rings. The van der Waals surface area contributed by atoms with Crippen LogP contribution in [0.25, 0.3) is 11.1 Å². The van der Waals surface area contributed by atoms with Gasteiger partial charge in [0.05, 0.1) is 0 Å². The second-order valence-electron chi connectivity index (χ2n) is 6.34. The minimum absolute atomic E-state index is 0. The van der Waals surface area contributed by atoms with E-state index < -0.39 is 0 Å². The molecule has 1 atom stereocenters. The molecule has 1 aliphatic carbocycles. The Hall–Kier alpha value is -1.58. The molecule has 0 saturated carbocycles. The average Bonchev–Trinajstić information content (AvgIpc) is 2.49. The van der Waals surface area contributed by atoms with Crippen LogP contribution in [0.2, 0.25) is 0 Å². The van der Waals surface area contributed by atoms with Gasteiger partial charge in [0.15, 0.2) is 0 Å². The maximum Gasteiger partial charge on any atom is 0.124 e. The van der Waals surface area contributed by atoms with Gasteiger partial charge in [-0.15, -0.1) is 12.4 Å². The standard InChI is InChI=1S/C19H20FNO.ClH/c1-2-7-21-8-6-13-9-14(20)11-15-18(13)16(21)10-12-4-3-5-17(22)19(12)15;/h3-5,9,11,16,22H,2,6-8,10H2,1H3;1H/t16-;/m1./s1. The first-order valence-electron chi connectivity index (χ1n) is 8.06. The van der Waals surface area contributed by atoms with E-state index in [0.717, 1.165) is 54.6 Å². The number of halogens is 2. The van der Waals surface area contributed by atoms with E-state index in [0.29, 0.717) is 6.04 Å². The zero-order valence-electron chi connectivity index (χ0n) is 13.2. The molecular formula is C19H21ClFNO. The van der Waals surface area contributed by atoms with Crippen LogP contribution in [0.5, 0.6) is 5.75 Å². The summed E-state index contributed by atoms with van der Waals surface area (Å²) in [6.07, 6.45) is 2.91. The molecule has 4 rings (SSSR count). The molecule has 122 valence electrons. The van der Waals surface area contributed by atoms with E-state index in [2.05, 4.69) is 17.9 Å². The predicted octanol–water partition coefficient (Wildman–Crippen LogP) is 4.49. The Balaban J connectivity index is 0.00000156. The quantitative estimate of drug-likeness (QED) is 0.875. The number of nitrogens with zero attached hydrogens (tertiary/aromatic N) is 1. The molecule has 2 aromatic carbocycles. The third-order valence-corrected chi connectivity index (χ3v) is 4.99. The first kappa shape index (κ1) is 16.3. The highest BCUT2D eigenvalue weighted by Gasteiger charge is 2.35. The molecule has 2 nitrogen and oxygen atoms in total. The first-order valence-corrected chi connectivity index (χ1v) is 8.06.